The number of halogens is 3. The summed E-state index contributed by atoms with van der Waals surface area (Å²) in [5.74, 6) is 0.440. The lowest BCUT2D eigenvalue weighted by atomic mass is 10.2. The van der Waals surface area contributed by atoms with Crippen LogP contribution in [0.3, 0.4) is 0 Å². The Morgan fingerprint density at radius 2 is 1.77 bits per heavy atom. The van der Waals surface area contributed by atoms with Crippen LogP contribution in [-0.2, 0) is 29.3 Å². The van der Waals surface area contributed by atoms with Crippen molar-refractivity contribution in [3.8, 4) is 0 Å². The van der Waals surface area contributed by atoms with Crippen LogP contribution < -0.4 is 0 Å². The van der Waals surface area contributed by atoms with Gasteiger partial charge in [0, 0.05) is 6.54 Å². The number of furan rings is 1. The number of hydrogen-bond acceptors (Lipinski definition) is 4. The molecule has 0 N–H and O–H groups in total. The van der Waals surface area contributed by atoms with Gasteiger partial charge in [-0.2, -0.15) is 28.8 Å². The molecule has 0 saturated carbocycles. The molecule has 4 nitrogen and oxygen atoms in total. The highest BCUT2D eigenvalue weighted by atomic mass is 32.2. The van der Waals surface area contributed by atoms with E-state index in [4.69, 9.17) is 4.42 Å². The molecule has 0 fully saturated rings. The molecule has 26 heavy (non-hydrogen) atoms. The Balaban J connectivity index is 1.92. The largest absolute Gasteiger partial charge is 0.468 e. The van der Waals surface area contributed by atoms with Gasteiger partial charge in [0.1, 0.15) is 5.76 Å². The third kappa shape index (κ3) is 4.17. The Morgan fingerprint density at radius 3 is 2.31 bits per heavy atom. The maximum Gasteiger partial charge on any atom is 0.416 e. The summed E-state index contributed by atoms with van der Waals surface area (Å²) in [6.07, 6.45) is -3.09. The standard InChI is InChI=1S/C17H14F3NO3S2/c18-17(19,20)14-3-5-16(6-4-14)26(22,23)21(10-13-7-9-25-12-13)11-15-2-1-8-24-15/h1-9,12H,10-11H2. The minimum absolute atomic E-state index is 0.0216. The van der Waals surface area contributed by atoms with E-state index in [0.717, 1.165) is 29.8 Å². The molecular formula is C17H14F3NO3S2. The van der Waals surface area contributed by atoms with Crippen LogP contribution in [0.2, 0.25) is 0 Å². The quantitative estimate of drug-likeness (QED) is 0.599. The van der Waals surface area contributed by atoms with Crippen molar-refractivity contribution in [2.75, 3.05) is 0 Å². The van der Waals surface area contributed by atoms with Crippen LogP contribution in [0.25, 0.3) is 0 Å². The first kappa shape index (κ1) is 18.7. The van der Waals surface area contributed by atoms with E-state index in [0.29, 0.717) is 5.76 Å². The molecule has 0 amide bonds. The third-order valence-electron chi connectivity index (χ3n) is 3.67. The van der Waals surface area contributed by atoms with Crippen molar-refractivity contribution in [1.82, 2.24) is 4.31 Å². The average Bonchev–Trinajstić information content (AvgIpc) is 3.27. The van der Waals surface area contributed by atoms with Crippen molar-refractivity contribution >= 4 is 21.4 Å². The zero-order chi connectivity index (χ0) is 18.8. The van der Waals surface area contributed by atoms with Crippen LogP contribution >= 0.6 is 11.3 Å². The highest BCUT2D eigenvalue weighted by molar-refractivity contribution is 7.89. The van der Waals surface area contributed by atoms with E-state index in [1.54, 1.807) is 18.2 Å². The Morgan fingerprint density at radius 1 is 1.04 bits per heavy atom. The van der Waals surface area contributed by atoms with Crippen LogP contribution in [-0.4, -0.2) is 12.7 Å². The number of sulfonamides is 1. The zero-order valence-electron chi connectivity index (χ0n) is 13.3. The predicted octanol–water partition coefficient (Wildman–Crippen LogP) is 4.75. The average molecular weight is 401 g/mol. The van der Waals surface area contributed by atoms with Gasteiger partial charge < -0.3 is 4.42 Å². The van der Waals surface area contributed by atoms with Gasteiger partial charge in [-0.1, -0.05) is 0 Å². The molecule has 0 unspecified atom stereocenters. The van der Waals surface area contributed by atoms with Crippen LogP contribution in [0.15, 0.2) is 68.8 Å². The summed E-state index contributed by atoms with van der Waals surface area (Å²) in [4.78, 5) is -0.202. The molecule has 3 aromatic rings. The molecule has 3 rings (SSSR count). The first-order chi connectivity index (χ1) is 12.3. The summed E-state index contributed by atoms with van der Waals surface area (Å²) < 4.78 is 70.4. The second-order valence-corrected chi connectivity index (χ2v) is 8.22. The molecule has 2 heterocycles. The smallest absolute Gasteiger partial charge is 0.416 e. The molecule has 0 aliphatic carbocycles. The van der Waals surface area contributed by atoms with E-state index in [-0.39, 0.29) is 18.0 Å². The molecule has 0 spiro atoms. The second-order valence-electron chi connectivity index (χ2n) is 5.51. The molecule has 1 aromatic carbocycles. The van der Waals surface area contributed by atoms with E-state index in [1.165, 1.54) is 21.9 Å². The summed E-state index contributed by atoms with van der Waals surface area (Å²) in [6.45, 7) is 0.0692. The molecule has 2 aromatic heterocycles. The van der Waals surface area contributed by atoms with E-state index in [1.807, 2.05) is 10.8 Å². The van der Waals surface area contributed by atoms with Gasteiger partial charge >= 0.3 is 6.18 Å². The predicted molar refractivity (Wildman–Crippen MR) is 90.9 cm³/mol. The fraction of sp³-hybridized carbons (Fsp3) is 0.176. The Kier molecular flexibility index (Phi) is 5.22. The van der Waals surface area contributed by atoms with Crippen molar-refractivity contribution < 1.29 is 26.0 Å². The summed E-state index contributed by atoms with van der Waals surface area (Å²) >= 11 is 1.43. The normalized spacial score (nSPS) is 12.6. The molecule has 138 valence electrons. The number of nitrogens with zero attached hydrogens (tertiary/aromatic N) is 1. The maximum atomic E-state index is 13.0. The van der Waals surface area contributed by atoms with Gasteiger partial charge in [0.15, 0.2) is 0 Å². The van der Waals surface area contributed by atoms with E-state index < -0.39 is 21.8 Å². The Hall–Kier alpha value is -2.10. The lowest BCUT2D eigenvalue weighted by Crippen LogP contribution is -2.30. The van der Waals surface area contributed by atoms with Gasteiger partial charge in [0.25, 0.3) is 0 Å². The van der Waals surface area contributed by atoms with Gasteiger partial charge in [-0.25, -0.2) is 8.42 Å². The SMILES string of the molecule is O=S(=O)(c1ccc(C(F)(F)F)cc1)N(Cc1ccsc1)Cc1ccco1. The van der Waals surface area contributed by atoms with E-state index in [9.17, 15) is 21.6 Å². The first-order valence-corrected chi connectivity index (χ1v) is 9.86. The van der Waals surface area contributed by atoms with Crippen molar-refractivity contribution in [1.29, 1.82) is 0 Å². The van der Waals surface area contributed by atoms with Crippen molar-refractivity contribution in [3.63, 3.8) is 0 Å². The molecule has 0 atom stereocenters. The van der Waals surface area contributed by atoms with Crippen molar-refractivity contribution in [2.24, 2.45) is 0 Å². The summed E-state index contributed by atoms with van der Waals surface area (Å²) in [5.41, 5.74) is -0.107. The first-order valence-electron chi connectivity index (χ1n) is 7.48. The maximum absolute atomic E-state index is 13.0. The molecular weight excluding hydrogens is 387 g/mol. The lowest BCUT2D eigenvalue weighted by Gasteiger charge is -2.21. The fourth-order valence-corrected chi connectivity index (χ4v) is 4.41. The highest BCUT2D eigenvalue weighted by Gasteiger charge is 2.32. The summed E-state index contributed by atoms with van der Waals surface area (Å²) in [7, 11) is -4.00. The van der Waals surface area contributed by atoms with Gasteiger partial charge in [-0.3, -0.25) is 0 Å². The number of thiophene rings is 1. The molecule has 0 saturated heterocycles. The molecule has 9 heteroatoms. The van der Waals surface area contributed by atoms with Gasteiger partial charge in [-0.05, 0) is 58.8 Å². The minimum Gasteiger partial charge on any atom is -0.468 e. The van der Waals surface area contributed by atoms with Gasteiger partial charge in [0.05, 0.1) is 23.3 Å². The molecule has 0 aliphatic heterocycles. The number of benzene rings is 1. The monoisotopic (exact) mass is 401 g/mol. The van der Waals surface area contributed by atoms with Crippen molar-refractivity contribution in [2.45, 2.75) is 24.2 Å². The van der Waals surface area contributed by atoms with Crippen molar-refractivity contribution in [3.05, 3.63) is 76.4 Å². The number of rotatable bonds is 6. The Labute approximate surface area is 152 Å². The third-order valence-corrected chi connectivity index (χ3v) is 6.21. The zero-order valence-corrected chi connectivity index (χ0v) is 14.9. The van der Waals surface area contributed by atoms with E-state index in [2.05, 4.69) is 0 Å². The molecule has 0 radical (unpaired) electrons. The van der Waals surface area contributed by atoms with Crippen LogP contribution in [0, 0.1) is 0 Å². The van der Waals surface area contributed by atoms with Gasteiger partial charge in [0.2, 0.25) is 10.0 Å². The van der Waals surface area contributed by atoms with Crippen LogP contribution in [0.4, 0.5) is 13.2 Å². The minimum atomic E-state index is -4.52. The van der Waals surface area contributed by atoms with E-state index >= 15 is 0 Å². The topological polar surface area (TPSA) is 50.5 Å². The second kappa shape index (κ2) is 7.26. The fourth-order valence-electron chi connectivity index (χ4n) is 2.35. The van der Waals surface area contributed by atoms with Crippen LogP contribution in [0.1, 0.15) is 16.9 Å². The number of hydrogen-bond donors (Lipinski definition) is 0. The summed E-state index contributed by atoms with van der Waals surface area (Å²) in [5, 5.41) is 3.64. The molecule has 0 aliphatic rings. The van der Waals surface area contributed by atoms with Gasteiger partial charge in [-0.15, -0.1) is 0 Å². The highest BCUT2D eigenvalue weighted by Crippen LogP contribution is 2.30. The lowest BCUT2D eigenvalue weighted by molar-refractivity contribution is -0.137. The molecule has 0 bridgehead atoms. The summed E-state index contributed by atoms with van der Waals surface area (Å²) in [6, 6.07) is 8.56. The van der Waals surface area contributed by atoms with Crippen LogP contribution in [0.5, 0.6) is 0 Å². The Bertz CT molecular complexity index is 896. The number of alkyl halides is 3.